The maximum absolute atomic E-state index is 12.6. The molecule has 2 heterocycles. The van der Waals surface area contributed by atoms with Gasteiger partial charge < -0.3 is 10.6 Å². The molecule has 1 aromatic carbocycles. The number of anilines is 1. The summed E-state index contributed by atoms with van der Waals surface area (Å²) in [5, 5.41) is 6.83. The van der Waals surface area contributed by atoms with Crippen LogP contribution in [0.3, 0.4) is 0 Å². The van der Waals surface area contributed by atoms with Crippen molar-refractivity contribution in [2.45, 2.75) is 38.6 Å². The number of rotatable bonds is 6. The quantitative estimate of drug-likeness (QED) is 0.622. The first-order valence-electron chi connectivity index (χ1n) is 8.21. The van der Waals surface area contributed by atoms with Crippen molar-refractivity contribution in [3.05, 3.63) is 29.0 Å². The first kappa shape index (κ1) is 16.6. The third kappa shape index (κ3) is 3.17. The number of para-hydroxylation sites is 1. The SMILES string of the molecule is CCCCCNC(=O)C[C@@H]1Nc2c3ccccc3nc(=S)n2C1=O. The molecule has 1 aliphatic rings. The minimum Gasteiger partial charge on any atom is -0.358 e. The summed E-state index contributed by atoms with van der Waals surface area (Å²) >= 11 is 5.24. The van der Waals surface area contributed by atoms with Gasteiger partial charge in [0.15, 0.2) is 0 Å². The van der Waals surface area contributed by atoms with Crippen molar-refractivity contribution in [1.82, 2.24) is 14.9 Å². The zero-order chi connectivity index (χ0) is 17.1. The smallest absolute Gasteiger partial charge is 0.257 e. The molecule has 0 aliphatic carbocycles. The number of fused-ring (bicyclic) bond motifs is 3. The van der Waals surface area contributed by atoms with Crippen LogP contribution in [0.2, 0.25) is 0 Å². The van der Waals surface area contributed by atoms with Gasteiger partial charge in [-0.25, -0.2) is 9.55 Å². The predicted molar refractivity (Wildman–Crippen MR) is 95.8 cm³/mol. The van der Waals surface area contributed by atoms with E-state index in [0.717, 1.165) is 30.2 Å². The van der Waals surface area contributed by atoms with E-state index in [1.807, 2.05) is 24.3 Å². The summed E-state index contributed by atoms with van der Waals surface area (Å²) < 4.78 is 1.61. The second-order valence-electron chi connectivity index (χ2n) is 5.89. The van der Waals surface area contributed by atoms with Gasteiger partial charge in [0, 0.05) is 11.9 Å². The van der Waals surface area contributed by atoms with Crippen LogP contribution >= 0.6 is 12.2 Å². The fraction of sp³-hybridized carbons (Fsp3) is 0.412. The first-order chi connectivity index (χ1) is 11.6. The lowest BCUT2D eigenvalue weighted by atomic mass is 10.2. The molecule has 0 unspecified atom stereocenters. The number of carbonyl (C=O) groups excluding carboxylic acids is 2. The van der Waals surface area contributed by atoms with Crippen LogP contribution in [-0.2, 0) is 4.79 Å². The number of amides is 1. The Kier molecular flexibility index (Phi) is 4.89. The molecule has 126 valence electrons. The van der Waals surface area contributed by atoms with Crippen molar-refractivity contribution >= 4 is 40.8 Å². The number of aromatic nitrogens is 2. The monoisotopic (exact) mass is 344 g/mol. The van der Waals surface area contributed by atoms with Crippen molar-refractivity contribution in [2.24, 2.45) is 0 Å². The van der Waals surface area contributed by atoms with Gasteiger partial charge >= 0.3 is 0 Å². The van der Waals surface area contributed by atoms with Crippen molar-refractivity contribution in [1.29, 1.82) is 0 Å². The van der Waals surface area contributed by atoms with Crippen LogP contribution in [-0.4, -0.2) is 34.0 Å². The third-order valence-electron chi connectivity index (χ3n) is 4.11. The van der Waals surface area contributed by atoms with Gasteiger partial charge in [-0.3, -0.25) is 9.59 Å². The van der Waals surface area contributed by atoms with Gasteiger partial charge in [0.25, 0.3) is 5.91 Å². The number of carbonyl (C=O) groups is 2. The van der Waals surface area contributed by atoms with Crippen LogP contribution in [0.15, 0.2) is 24.3 Å². The molecule has 0 spiro atoms. The zero-order valence-corrected chi connectivity index (χ0v) is 14.4. The Morgan fingerprint density at radius 2 is 2.17 bits per heavy atom. The normalized spacial score (nSPS) is 16.0. The first-order valence-corrected chi connectivity index (χ1v) is 8.62. The summed E-state index contributed by atoms with van der Waals surface area (Å²) in [6.07, 6.45) is 3.23. The van der Waals surface area contributed by atoms with E-state index in [2.05, 4.69) is 22.5 Å². The molecule has 7 heteroatoms. The van der Waals surface area contributed by atoms with Gasteiger partial charge in [0.1, 0.15) is 11.9 Å². The van der Waals surface area contributed by atoms with Crippen molar-refractivity contribution in [3.8, 4) is 0 Å². The number of nitrogens with zero attached hydrogens (tertiary/aromatic N) is 2. The van der Waals surface area contributed by atoms with Crippen molar-refractivity contribution in [3.63, 3.8) is 0 Å². The summed E-state index contributed by atoms with van der Waals surface area (Å²) in [5.41, 5.74) is 0.735. The van der Waals surface area contributed by atoms with Crippen LogP contribution < -0.4 is 10.6 Å². The van der Waals surface area contributed by atoms with Crippen LogP contribution in [0.5, 0.6) is 0 Å². The van der Waals surface area contributed by atoms with E-state index in [1.54, 1.807) is 0 Å². The number of benzene rings is 1. The molecule has 0 radical (unpaired) electrons. The fourth-order valence-corrected chi connectivity index (χ4v) is 3.15. The highest BCUT2D eigenvalue weighted by Gasteiger charge is 2.33. The molecule has 0 fully saturated rings. The van der Waals surface area contributed by atoms with E-state index < -0.39 is 6.04 Å². The fourth-order valence-electron chi connectivity index (χ4n) is 2.87. The molecule has 0 saturated carbocycles. The molecule has 1 amide bonds. The molecule has 0 saturated heterocycles. The highest BCUT2D eigenvalue weighted by Crippen LogP contribution is 2.28. The molecular formula is C17H20N4O2S. The topological polar surface area (TPSA) is 76.0 Å². The molecule has 3 rings (SSSR count). The predicted octanol–water partition coefficient (Wildman–Crippen LogP) is 2.90. The lowest BCUT2D eigenvalue weighted by Crippen LogP contribution is -2.34. The van der Waals surface area contributed by atoms with E-state index in [-0.39, 0.29) is 23.0 Å². The Bertz CT molecular complexity index is 846. The third-order valence-corrected chi connectivity index (χ3v) is 4.39. The highest BCUT2D eigenvalue weighted by atomic mass is 32.1. The largest absolute Gasteiger partial charge is 0.358 e. The number of hydrogen-bond donors (Lipinski definition) is 2. The molecule has 2 aromatic rings. The Hall–Kier alpha value is -2.28. The van der Waals surface area contributed by atoms with Gasteiger partial charge in [0.05, 0.1) is 11.9 Å². The van der Waals surface area contributed by atoms with Gasteiger partial charge in [-0.15, -0.1) is 0 Å². The summed E-state index contributed by atoms with van der Waals surface area (Å²) in [7, 11) is 0. The molecule has 6 nitrogen and oxygen atoms in total. The molecule has 24 heavy (non-hydrogen) atoms. The zero-order valence-electron chi connectivity index (χ0n) is 13.5. The Balaban J connectivity index is 1.76. The Morgan fingerprint density at radius 3 is 2.96 bits per heavy atom. The molecule has 1 aromatic heterocycles. The van der Waals surface area contributed by atoms with E-state index >= 15 is 0 Å². The number of nitrogens with one attached hydrogen (secondary N) is 2. The second-order valence-corrected chi connectivity index (χ2v) is 6.26. The number of unbranched alkanes of at least 4 members (excludes halogenated alkanes) is 2. The van der Waals surface area contributed by atoms with Crippen LogP contribution in [0.4, 0.5) is 5.82 Å². The lowest BCUT2D eigenvalue weighted by Gasteiger charge is -2.09. The van der Waals surface area contributed by atoms with Crippen molar-refractivity contribution in [2.75, 3.05) is 11.9 Å². The Labute approximate surface area is 145 Å². The Morgan fingerprint density at radius 1 is 1.38 bits per heavy atom. The van der Waals surface area contributed by atoms with Crippen LogP contribution in [0.1, 0.15) is 37.4 Å². The van der Waals surface area contributed by atoms with Crippen LogP contribution in [0.25, 0.3) is 10.9 Å². The minimum atomic E-state index is -0.606. The second kappa shape index (κ2) is 7.09. The van der Waals surface area contributed by atoms with Gasteiger partial charge in [-0.2, -0.15) is 0 Å². The standard InChI is InChI=1S/C17H20N4O2S/c1-2-3-6-9-18-14(22)10-13-16(23)21-15(19-13)11-7-4-5-8-12(11)20-17(21)24/h4-5,7-8,13,19H,2-3,6,9-10H2,1H3,(H,18,22)/t13-/m0/s1. The van der Waals surface area contributed by atoms with E-state index in [1.165, 1.54) is 4.57 Å². The summed E-state index contributed by atoms with van der Waals surface area (Å²) in [5.74, 6) is 0.268. The highest BCUT2D eigenvalue weighted by molar-refractivity contribution is 7.71. The molecule has 0 bridgehead atoms. The van der Waals surface area contributed by atoms with Gasteiger partial charge in [-0.05, 0) is 30.8 Å². The van der Waals surface area contributed by atoms with E-state index in [4.69, 9.17) is 12.2 Å². The minimum absolute atomic E-state index is 0.0930. The molecule has 1 aliphatic heterocycles. The maximum Gasteiger partial charge on any atom is 0.257 e. The average Bonchev–Trinajstić information content (AvgIpc) is 2.89. The molecule has 2 N–H and O–H groups in total. The number of hydrogen-bond acceptors (Lipinski definition) is 5. The maximum atomic E-state index is 12.6. The van der Waals surface area contributed by atoms with Crippen LogP contribution in [0, 0.1) is 4.77 Å². The summed E-state index contributed by atoms with van der Waals surface area (Å²) in [4.78, 5) is 28.9. The summed E-state index contributed by atoms with van der Waals surface area (Å²) in [6.45, 7) is 2.76. The lowest BCUT2D eigenvalue weighted by molar-refractivity contribution is -0.121. The van der Waals surface area contributed by atoms with E-state index in [9.17, 15) is 9.59 Å². The molecule has 1 atom stereocenters. The van der Waals surface area contributed by atoms with E-state index in [0.29, 0.717) is 12.4 Å². The van der Waals surface area contributed by atoms with Gasteiger partial charge in [0.2, 0.25) is 10.7 Å². The van der Waals surface area contributed by atoms with Crippen molar-refractivity contribution < 1.29 is 9.59 Å². The molecular weight excluding hydrogens is 324 g/mol. The van der Waals surface area contributed by atoms with Gasteiger partial charge in [-0.1, -0.05) is 31.9 Å². The average molecular weight is 344 g/mol. The summed E-state index contributed by atoms with van der Waals surface area (Å²) in [6, 6.07) is 6.89.